The molecule has 1 heterocycles. The maximum absolute atomic E-state index is 4.12. The van der Waals surface area contributed by atoms with Crippen molar-refractivity contribution >= 4 is 0 Å². The summed E-state index contributed by atoms with van der Waals surface area (Å²) in [6.45, 7) is 2.31. The van der Waals surface area contributed by atoms with Crippen LogP contribution in [0.3, 0.4) is 0 Å². The zero-order valence-electron chi connectivity index (χ0n) is 11.8. The van der Waals surface area contributed by atoms with Crippen LogP contribution in [-0.4, -0.2) is 11.0 Å². The number of rotatable bonds is 3. The molecule has 1 atom stereocenters. The summed E-state index contributed by atoms with van der Waals surface area (Å²) in [5, 5.41) is 3.95. The van der Waals surface area contributed by atoms with E-state index in [9.17, 15) is 0 Å². The van der Waals surface area contributed by atoms with Gasteiger partial charge in [-0.1, -0.05) is 0 Å². The molecular weight excluding hydrogens is 232 g/mol. The molecule has 1 aromatic rings. The predicted octanol–water partition coefficient (Wildman–Crippen LogP) is 3.56. The molecule has 102 valence electrons. The number of pyridine rings is 1. The Labute approximate surface area is 116 Å². The van der Waals surface area contributed by atoms with Gasteiger partial charge in [-0.05, 0) is 80.4 Å². The second-order valence-corrected chi connectivity index (χ2v) is 7.13. The van der Waals surface area contributed by atoms with Gasteiger partial charge in [0.15, 0.2) is 0 Å². The minimum atomic E-state index is 0.463. The quantitative estimate of drug-likeness (QED) is 0.894. The van der Waals surface area contributed by atoms with Crippen LogP contribution in [0.25, 0.3) is 0 Å². The molecule has 0 aliphatic heterocycles. The molecule has 4 aliphatic carbocycles. The van der Waals surface area contributed by atoms with E-state index in [1.54, 1.807) is 6.42 Å². The molecule has 2 heteroatoms. The largest absolute Gasteiger partial charge is 0.307 e. The van der Waals surface area contributed by atoms with Crippen LogP contribution in [0.5, 0.6) is 0 Å². The first-order valence-electron chi connectivity index (χ1n) is 7.95. The van der Waals surface area contributed by atoms with Crippen molar-refractivity contribution in [3.8, 4) is 0 Å². The summed E-state index contributed by atoms with van der Waals surface area (Å²) in [5.41, 5.74) is 1.38. The van der Waals surface area contributed by atoms with E-state index in [4.69, 9.17) is 0 Å². The smallest absolute Gasteiger partial charge is 0.0295 e. The molecule has 0 radical (unpaired) electrons. The first-order chi connectivity index (χ1) is 9.29. The zero-order valence-corrected chi connectivity index (χ0v) is 11.8. The molecule has 19 heavy (non-hydrogen) atoms. The van der Waals surface area contributed by atoms with E-state index in [1.807, 2.05) is 12.4 Å². The Hall–Kier alpha value is -0.890. The summed E-state index contributed by atoms with van der Waals surface area (Å²) < 4.78 is 0. The highest BCUT2D eigenvalue weighted by molar-refractivity contribution is 5.15. The monoisotopic (exact) mass is 256 g/mol. The second kappa shape index (κ2) is 4.59. The average molecular weight is 256 g/mol. The second-order valence-electron chi connectivity index (χ2n) is 7.13. The fourth-order valence-corrected chi connectivity index (χ4v) is 5.23. The van der Waals surface area contributed by atoms with E-state index < -0.39 is 0 Å². The Balaban J connectivity index is 1.48. The molecule has 5 rings (SSSR count). The third-order valence-electron chi connectivity index (χ3n) is 5.88. The molecule has 4 bridgehead atoms. The van der Waals surface area contributed by atoms with Crippen molar-refractivity contribution in [2.24, 2.45) is 23.7 Å². The van der Waals surface area contributed by atoms with Crippen molar-refractivity contribution in [1.82, 2.24) is 10.3 Å². The maximum Gasteiger partial charge on any atom is 0.0295 e. The van der Waals surface area contributed by atoms with Gasteiger partial charge in [-0.25, -0.2) is 0 Å². The van der Waals surface area contributed by atoms with Gasteiger partial charge in [-0.2, -0.15) is 0 Å². The van der Waals surface area contributed by atoms with Crippen molar-refractivity contribution in [3.63, 3.8) is 0 Å². The minimum absolute atomic E-state index is 0.463. The predicted molar refractivity (Wildman–Crippen MR) is 76.6 cm³/mol. The van der Waals surface area contributed by atoms with Gasteiger partial charge in [0.05, 0.1) is 0 Å². The number of aromatic nitrogens is 1. The first kappa shape index (κ1) is 11.9. The Morgan fingerprint density at radius 2 is 1.58 bits per heavy atom. The highest BCUT2D eigenvalue weighted by Gasteiger charge is 2.48. The summed E-state index contributed by atoms with van der Waals surface area (Å²) >= 11 is 0. The highest BCUT2D eigenvalue weighted by atomic mass is 15.0. The van der Waals surface area contributed by atoms with Crippen LogP contribution in [0.1, 0.15) is 50.6 Å². The molecule has 0 unspecified atom stereocenters. The van der Waals surface area contributed by atoms with Crippen LogP contribution in [0.4, 0.5) is 0 Å². The zero-order chi connectivity index (χ0) is 12.8. The molecule has 2 nitrogen and oxygen atoms in total. The molecule has 4 fully saturated rings. The van der Waals surface area contributed by atoms with Gasteiger partial charge in [0.2, 0.25) is 0 Å². The van der Waals surface area contributed by atoms with E-state index in [0.717, 1.165) is 29.7 Å². The average Bonchev–Trinajstić information content (AvgIpc) is 2.43. The van der Waals surface area contributed by atoms with Gasteiger partial charge >= 0.3 is 0 Å². The van der Waals surface area contributed by atoms with Gasteiger partial charge in [-0.15, -0.1) is 0 Å². The molecule has 1 N–H and O–H groups in total. The van der Waals surface area contributed by atoms with Gasteiger partial charge in [0.25, 0.3) is 0 Å². The molecule has 4 saturated carbocycles. The van der Waals surface area contributed by atoms with Crippen LogP contribution in [0.2, 0.25) is 0 Å². The van der Waals surface area contributed by atoms with E-state index in [0.29, 0.717) is 6.04 Å². The summed E-state index contributed by atoms with van der Waals surface area (Å²) in [6, 6.07) is 5.53. The topological polar surface area (TPSA) is 24.9 Å². The van der Waals surface area contributed by atoms with Crippen LogP contribution in [0.15, 0.2) is 24.5 Å². The molecule has 0 amide bonds. The van der Waals surface area contributed by atoms with E-state index in [-0.39, 0.29) is 0 Å². The molecule has 1 aromatic heterocycles. The van der Waals surface area contributed by atoms with Crippen LogP contribution in [0, 0.1) is 23.7 Å². The summed E-state index contributed by atoms with van der Waals surface area (Å²) in [7, 11) is 0. The Bertz CT molecular complexity index is 414. The van der Waals surface area contributed by atoms with Crippen molar-refractivity contribution in [3.05, 3.63) is 30.1 Å². The molecule has 0 saturated heterocycles. The third-order valence-corrected chi connectivity index (χ3v) is 5.88. The summed E-state index contributed by atoms with van der Waals surface area (Å²) in [5.74, 6) is 4.05. The lowest BCUT2D eigenvalue weighted by molar-refractivity contribution is -0.0171. The van der Waals surface area contributed by atoms with Crippen LogP contribution >= 0.6 is 0 Å². The lowest BCUT2D eigenvalue weighted by atomic mass is 9.54. The fourth-order valence-electron chi connectivity index (χ4n) is 5.23. The molecule has 0 aromatic carbocycles. The lowest BCUT2D eigenvalue weighted by Gasteiger charge is -2.55. The number of nitrogens with one attached hydrogen (secondary N) is 1. The van der Waals surface area contributed by atoms with Crippen LogP contribution < -0.4 is 5.32 Å². The molecule has 0 spiro atoms. The molecule has 4 aliphatic rings. The third kappa shape index (κ3) is 2.10. The first-order valence-corrected chi connectivity index (χ1v) is 7.95. The van der Waals surface area contributed by atoms with Crippen molar-refractivity contribution in [2.45, 2.75) is 51.1 Å². The normalized spacial score (nSPS) is 41.4. The SMILES string of the molecule is C[C@@H](NC1C2CC3CC(C2)CC1C3)c1ccncc1. The summed E-state index contributed by atoms with van der Waals surface area (Å²) in [4.78, 5) is 4.12. The number of hydrogen-bond acceptors (Lipinski definition) is 2. The summed E-state index contributed by atoms with van der Waals surface area (Å²) in [6.07, 6.45) is 11.3. The van der Waals surface area contributed by atoms with Crippen molar-refractivity contribution in [2.75, 3.05) is 0 Å². The minimum Gasteiger partial charge on any atom is -0.307 e. The number of hydrogen-bond donors (Lipinski definition) is 1. The Morgan fingerprint density at radius 3 is 2.16 bits per heavy atom. The van der Waals surface area contributed by atoms with Crippen molar-refractivity contribution < 1.29 is 0 Å². The Morgan fingerprint density at radius 1 is 1.00 bits per heavy atom. The van der Waals surface area contributed by atoms with E-state index in [2.05, 4.69) is 29.4 Å². The van der Waals surface area contributed by atoms with E-state index >= 15 is 0 Å². The maximum atomic E-state index is 4.12. The van der Waals surface area contributed by atoms with Crippen molar-refractivity contribution in [1.29, 1.82) is 0 Å². The highest BCUT2D eigenvalue weighted by Crippen LogP contribution is 2.54. The molecular formula is C17H24N2. The van der Waals surface area contributed by atoms with Crippen LogP contribution in [-0.2, 0) is 0 Å². The van der Waals surface area contributed by atoms with Gasteiger partial charge in [-0.3, -0.25) is 4.98 Å². The Kier molecular flexibility index (Phi) is 2.87. The number of nitrogens with zero attached hydrogens (tertiary/aromatic N) is 1. The lowest BCUT2D eigenvalue weighted by Crippen LogP contribution is -2.54. The van der Waals surface area contributed by atoms with E-state index in [1.165, 1.54) is 31.2 Å². The van der Waals surface area contributed by atoms with Gasteiger partial charge in [0.1, 0.15) is 0 Å². The standard InChI is InChI=1S/C17H24N2/c1-11(14-2-4-18-5-3-14)19-17-15-7-12-6-13(9-15)10-16(17)8-12/h2-5,11-13,15-17,19H,6-10H2,1H3/t11-,12?,13?,15?,16?,17?/m1/s1. The van der Waals surface area contributed by atoms with Gasteiger partial charge in [0, 0.05) is 24.5 Å². The fraction of sp³-hybridized carbons (Fsp3) is 0.706. The van der Waals surface area contributed by atoms with Gasteiger partial charge < -0.3 is 5.32 Å².